The number of hydrogen-bond donors (Lipinski definition) is 2. The number of benzene rings is 1. The quantitative estimate of drug-likeness (QED) is 0.819. The van der Waals surface area contributed by atoms with Crippen molar-refractivity contribution in [2.45, 2.75) is 39.8 Å². The van der Waals surface area contributed by atoms with Crippen LogP contribution in [0.3, 0.4) is 0 Å². The van der Waals surface area contributed by atoms with Gasteiger partial charge in [-0.3, -0.25) is 0 Å². The summed E-state index contributed by atoms with van der Waals surface area (Å²) < 4.78 is 0. The molecule has 2 nitrogen and oxygen atoms in total. The lowest BCUT2D eigenvalue weighted by Gasteiger charge is -2.27. The van der Waals surface area contributed by atoms with E-state index in [0.29, 0.717) is 5.92 Å². The lowest BCUT2D eigenvalue weighted by Crippen LogP contribution is -2.37. The van der Waals surface area contributed by atoms with Crippen molar-refractivity contribution in [2.75, 3.05) is 7.05 Å². The molecule has 1 aromatic rings. The monoisotopic (exact) mass is 221 g/mol. The average molecular weight is 221 g/mol. The van der Waals surface area contributed by atoms with Gasteiger partial charge in [0.25, 0.3) is 0 Å². The van der Waals surface area contributed by atoms with E-state index in [9.17, 15) is 5.11 Å². The van der Waals surface area contributed by atoms with E-state index in [0.717, 1.165) is 11.1 Å². The van der Waals surface area contributed by atoms with Gasteiger partial charge >= 0.3 is 0 Å². The molecule has 0 radical (unpaired) electrons. The molecule has 0 aliphatic heterocycles. The van der Waals surface area contributed by atoms with Crippen molar-refractivity contribution in [2.24, 2.45) is 5.92 Å². The van der Waals surface area contributed by atoms with Crippen LogP contribution in [0.1, 0.15) is 36.6 Å². The highest BCUT2D eigenvalue weighted by atomic mass is 16.3. The molecular formula is C14H23NO. The highest BCUT2D eigenvalue weighted by molar-refractivity contribution is 5.32. The molecule has 2 unspecified atom stereocenters. The third-order valence-electron chi connectivity index (χ3n) is 3.14. The lowest BCUT2D eigenvalue weighted by atomic mass is 9.90. The van der Waals surface area contributed by atoms with E-state index >= 15 is 0 Å². The van der Waals surface area contributed by atoms with Crippen LogP contribution in [0.4, 0.5) is 0 Å². The maximum Gasteiger partial charge on any atom is 0.0947 e. The first kappa shape index (κ1) is 13.2. The first-order chi connectivity index (χ1) is 7.47. The van der Waals surface area contributed by atoms with Crippen LogP contribution in [-0.4, -0.2) is 18.2 Å². The standard InChI is InChI=1S/C14H23NO/c1-9(2)13(15-5)14(16)12-7-6-10(3)8-11(12)4/h6-9,13-16H,1-5H3. The molecule has 90 valence electrons. The Hall–Kier alpha value is -0.860. The van der Waals surface area contributed by atoms with Crippen molar-refractivity contribution in [1.82, 2.24) is 5.32 Å². The molecule has 0 fully saturated rings. The molecule has 1 aromatic carbocycles. The largest absolute Gasteiger partial charge is 0.387 e. The Morgan fingerprint density at radius 1 is 1.19 bits per heavy atom. The summed E-state index contributed by atoms with van der Waals surface area (Å²) in [6.45, 7) is 8.36. The Balaban J connectivity index is 2.99. The maximum atomic E-state index is 10.4. The molecular weight excluding hydrogens is 198 g/mol. The zero-order valence-electron chi connectivity index (χ0n) is 10.9. The van der Waals surface area contributed by atoms with Crippen LogP contribution in [0.2, 0.25) is 0 Å². The lowest BCUT2D eigenvalue weighted by molar-refractivity contribution is 0.109. The second kappa shape index (κ2) is 5.46. The normalized spacial score (nSPS) is 15.2. The minimum atomic E-state index is -0.439. The predicted molar refractivity (Wildman–Crippen MR) is 68.6 cm³/mol. The van der Waals surface area contributed by atoms with Gasteiger partial charge in [-0.15, -0.1) is 0 Å². The SMILES string of the molecule is CNC(C(C)C)C(O)c1ccc(C)cc1C. The van der Waals surface area contributed by atoms with E-state index < -0.39 is 6.10 Å². The first-order valence-corrected chi connectivity index (χ1v) is 5.89. The average Bonchev–Trinajstić information content (AvgIpc) is 2.17. The van der Waals surface area contributed by atoms with Gasteiger partial charge in [0.05, 0.1) is 6.10 Å². The van der Waals surface area contributed by atoms with Crippen molar-refractivity contribution in [1.29, 1.82) is 0 Å². The van der Waals surface area contributed by atoms with Gasteiger partial charge in [0.1, 0.15) is 0 Å². The molecule has 0 amide bonds. The van der Waals surface area contributed by atoms with Crippen molar-refractivity contribution in [3.63, 3.8) is 0 Å². The van der Waals surface area contributed by atoms with Crippen LogP contribution in [-0.2, 0) is 0 Å². The molecule has 1 rings (SSSR count). The van der Waals surface area contributed by atoms with Crippen molar-refractivity contribution >= 4 is 0 Å². The number of aliphatic hydroxyl groups is 1. The third kappa shape index (κ3) is 2.83. The van der Waals surface area contributed by atoms with Crippen LogP contribution in [0, 0.1) is 19.8 Å². The highest BCUT2D eigenvalue weighted by Gasteiger charge is 2.23. The molecule has 2 heteroatoms. The predicted octanol–water partition coefficient (Wildman–Crippen LogP) is 2.58. The van der Waals surface area contributed by atoms with Gasteiger partial charge in [-0.1, -0.05) is 37.6 Å². The topological polar surface area (TPSA) is 32.3 Å². The van der Waals surface area contributed by atoms with Gasteiger partial charge in [0.2, 0.25) is 0 Å². The van der Waals surface area contributed by atoms with E-state index in [4.69, 9.17) is 0 Å². The number of nitrogens with one attached hydrogen (secondary N) is 1. The second-order valence-corrected chi connectivity index (χ2v) is 4.86. The molecule has 0 aliphatic rings. The number of aliphatic hydroxyl groups excluding tert-OH is 1. The second-order valence-electron chi connectivity index (χ2n) is 4.86. The van der Waals surface area contributed by atoms with Crippen LogP contribution >= 0.6 is 0 Å². The Labute approximate surface area is 98.7 Å². The zero-order chi connectivity index (χ0) is 12.3. The Morgan fingerprint density at radius 2 is 1.81 bits per heavy atom. The minimum Gasteiger partial charge on any atom is -0.387 e. The molecule has 2 N–H and O–H groups in total. The van der Waals surface area contributed by atoms with Crippen LogP contribution < -0.4 is 5.32 Å². The van der Waals surface area contributed by atoms with E-state index in [1.54, 1.807) is 0 Å². The zero-order valence-corrected chi connectivity index (χ0v) is 10.9. The Kier molecular flexibility index (Phi) is 4.51. The number of hydrogen-bond acceptors (Lipinski definition) is 2. The van der Waals surface area contributed by atoms with Gasteiger partial charge in [-0.25, -0.2) is 0 Å². The molecule has 16 heavy (non-hydrogen) atoms. The summed E-state index contributed by atoms with van der Waals surface area (Å²) in [4.78, 5) is 0. The Bertz CT molecular complexity index is 347. The summed E-state index contributed by atoms with van der Waals surface area (Å²) >= 11 is 0. The van der Waals surface area contributed by atoms with Crippen molar-refractivity contribution in [3.05, 3.63) is 34.9 Å². The number of aryl methyl sites for hydroxylation is 2. The van der Waals surface area contributed by atoms with E-state index in [1.165, 1.54) is 5.56 Å². The maximum absolute atomic E-state index is 10.4. The van der Waals surface area contributed by atoms with Gasteiger partial charge < -0.3 is 10.4 Å². The fraction of sp³-hybridized carbons (Fsp3) is 0.571. The van der Waals surface area contributed by atoms with Crippen molar-refractivity contribution < 1.29 is 5.11 Å². The van der Waals surface area contributed by atoms with E-state index in [2.05, 4.69) is 45.1 Å². The molecule has 2 atom stereocenters. The molecule has 0 bridgehead atoms. The van der Waals surface area contributed by atoms with Gasteiger partial charge in [0, 0.05) is 6.04 Å². The number of likely N-dealkylation sites (N-methyl/N-ethyl adjacent to an activating group) is 1. The third-order valence-corrected chi connectivity index (χ3v) is 3.14. The molecule has 0 saturated carbocycles. The first-order valence-electron chi connectivity index (χ1n) is 5.89. The summed E-state index contributed by atoms with van der Waals surface area (Å²) in [6, 6.07) is 6.30. The van der Waals surface area contributed by atoms with Gasteiger partial charge in [-0.2, -0.15) is 0 Å². The molecule has 0 aliphatic carbocycles. The minimum absolute atomic E-state index is 0.0985. The molecule has 0 spiro atoms. The summed E-state index contributed by atoms with van der Waals surface area (Å²) in [5.74, 6) is 0.403. The van der Waals surface area contributed by atoms with Crippen molar-refractivity contribution in [3.8, 4) is 0 Å². The summed E-state index contributed by atoms with van der Waals surface area (Å²) in [5.41, 5.74) is 3.42. The number of rotatable bonds is 4. The van der Waals surface area contributed by atoms with E-state index in [1.807, 2.05) is 13.1 Å². The molecule has 0 aromatic heterocycles. The van der Waals surface area contributed by atoms with Crippen LogP contribution in [0.15, 0.2) is 18.2 Å². The summed E-state index contributed by atoms with van der Waals surface area (Å²) in [5, 5.41) is 13.6. The molecule has 0 saturated heterocycles. The highest BCUT2D eigenvalue weighted by Crippen LogP contribution is 2.25. The molecule has 0 heterocycles. The van der Waals surface area contributed by atoms with Crippen LogP contribution in [0.5, 0.6) is 0 Å². The van der Waals surface area contributed by atoms with E-state index in [-0.39, 0.29) is 6.04 Å². The fourth-order valence-corrected chi connectivity index (χ4v) is 2.21. The Morgan fingerprint density at radius 3 is 2.25 bits per heavy atom. The van der Waals surface area contributed by atoms with Crippen LogP contribution in [0.25, 0.3) is 0 Å². The fourth-order valence-electron chi connectivity index (χ4n) is 2.21. The summed E-state index contributed by atoms with van der Waals surface area (Å²) in [6.07, 6.45) is -0.439. The summed E-state index contributed by atoms with van der Waals surface area (Å²) in [7, 11) is 1.90. The smallest absolute Gasteiger partial charge is 0.0947 e. The van der Waals surface area contributed by atoms with Gasteiger partial charge in [-0.05, 0) is 37.9 Å². The van der Waals surface area contributed by atoms with Gasteiger partial charge in [0.15, 0.2) is 0 Å².